The summed E-state index contributed by atoms with van der Waals surface area (Å²) in [7, 11) is 0. The lowest BCUT2D eigenvalue weighted by atomic mass is 9.89. The maximum Gasteiger partial charge on any atom is 0.303 e. The number of carbonyl (C=O) groups excluding carboxylic acids is 2. The highest BCUT2D eigenvalue weighted by atomic mass is 16.6. The van der Waals surface area contributed by atoms with Crippen molar-refractivity contribution in [3.63, 3.8) is 0 Å². The molecule has 0 aromatic rings. The number of allylic oxidation sites excluding steroid dienone is 3. The van der Waals surface area contributed by atoms with Crippen LogP contribution >= 0.6 is 0 Å². The van der Waals surface area contributed by atoms with Crippen molar-refractivity contribution in [2.24, 2.45) is 0 Å². The van der Waals surface area contributed by atoms with Gasteiger partial charge in [-0.15, -0.1) is 6.58 Å². The summed E-state index contributed by atoms with van der Waals surface area (Å²) in [5.41, 5.74) is -1.12. The molecule has 0 spiro atoms. The molecule has 15 heavy (non-hydrogen) atoms. The molecule has 0 heterocycles. The average Bonchev–Trinajstić information content (AvgIpc) is 2.18. The van der Waals surface area contributed by atoms with Gasteiger partial charge in [0, 0.05) is 13.3 Å². The fraction of sp³-hybridized carbons (Fsp3) is 0.333. The fourth-order valence-electron chi connectivity index (χ4n) is 1.49. The smallest absolute Gasteiger partial charge is 0.303 e. The van der Waals surface area contributed by atoms with E-state index in [-0.39, 0.29) is 5.78 Å². The maximum absolute atomic E-state index is 11.7. The van der Waals surface area contributed by atoms with Gasteiger partial charge in [0.25, 0.3) is 0 Å². The number of carbonyl (C=O) groups is 2. The van der Waals surface area contributed by atoms with E-state index in [1.807, 2.05) is 0 Å². The molecule has 3 heteroatoms. The second kappa shape index (κ2) is 4.73. The van der Waals surface area contributed by atoms with Gasteiger partial charge in [-0.25, -0.2) is 0 Å². The van der Waals surface area contributed by atoms with E-state index >= 15 is 0 Å². The van der Waals surface area contributed by atoms with Crippen LogP contribution in [0.5, 0.6) is 0 Å². The second-order valence-corrected chi connectivity index (χ2v) is 3.39. The standard InChI is InChI=1S/C12H14O3/c1-3-4-8-12(15-10(2)13)9-6-5-7-11(12)14/h3,5-7,9H,1,4,8H2,2H3. The number of esters is 1. The van der Waals surface area contributed by atoms with Gasteiger partial charge in [-0.2, -0.15) is 0 Å². The van der Waals surface area contributed by atoms with Crippen molar-refractivity contribution < 1.29 is 14.3 Å². The molecule has 0 aliphatic heterocycles. The number of rotatable bonds is 4. The predicted octanol–water partition coefficient (Wildman–Crippen LogP) is 1.95. The number of hydrogen-bond donors (Lipinski definition) is 0. The summed E-state index contributed by atoms with van der Waals surface area (Å²) < 4.78 is 5.12. The Morgan fingerprint density at radius 3 is 2.87 bits per heavy atom. The third kappa shape index (κ3) is 2.65. The highest BCUT2D eigenvalue weighted by molar-refractivity contribution is 6.01. The summed E-state index contributed by atoms with van der Waals surface area (Å²) in [5, 5.41) is 0. The molecule has 0 N–H and O–H groups in total. The second-order valence-electron chi connectivity index (χ2n) is 3.39. The lowest BCUT2D eigenvalue weighted by Crippen LogP contribution is -2.41. The summed E-state index contributed by atoms with van der Waals surface area (Å²) in [4.78, 5) is 22.7. The zero-order chi connectivity index (χ0) is 11.3. The van der Waals surface area contributed by atoms with E-state index in [2.05, 4.69) is 6.58 Å². The van der Waals surface area contributed by atoms with Crippen LogP contribution in [0.3, 0.4) is 0 Å². The highest BCUT2D eigenvalue weighted by Gasteiger charge is 2.37. The van der Waals surface area contributed by atoms with E-state index in [0.29, 0.717) is 12.8 Å². The molecule has 1 aliphatic carbocycles. The largest absolute Gasteiger partial charge is 0.447 e. The van der Waals surface area contributed by atoms with E-state index in [0.717, 1.165) is 0 Å². The Morgan fingerprint density at radius 1 is 1.60 bits per heavy atom. The Balaban J connectivity index is 2.89. The molecule has 0 aromatic carbocycles. The minimum absolute atomic E-state index is 0.193. The molecule has 1 atom stereocenters. The van der Waals surface area contributed by atoms with E-state index in [4.69, 9.17) is 4.74 Å². The van der Waals surface area contributed by atoms with Crippen LogP contribution in [-0.2, 0) is 14.3 Å². The molecule has 0 amide bonds. The van der Waals surface area contributed by atoms with Gasteiger partial charge in [0.15, 0.2) is 5.60 Å². The van der Waals surface area contributed by atoms with Gasteiger partial charge < -0.3 is 4.74 Å². The van der Waals surface area contributed by atoms with E-state index in [1.165, 1.54) is 13.0 Å². The van der Waals surface area contributed by atoms with Crippen molar-refractivity contribution in [3.8, 4) is 0 Å². The normalized spacial score (nSPS) is 23.9. The molecular formula is C12H14O3. The molecule has 80 valence electrons. The average molecular weight is 206 g/mol. The fourth-order valence-corrected chi connectivity index (χ4v) is 1.49. The Hall–Kier alpha value is -1.64. The predicted molar refractivity (Wildman–Crippen MR) is 57.2 cm³/mol. The van der Waals surface area contributed by atoms with Crippen molar-refractivity contribution >= 4 is 11.8 Å². The van der Waals surface area contributed by atoms with Gasteiger partial charge in [-0.3, -0.25) is 9.59 Å². The van der Waals surface area contributed by atoms with Gasteiger partial charge in [-0.1, -0.05) is 18.2 Å². The molecular weight excluding hydrogens is 192 g/mol. The van der Waals surface area contributed by atoms with Crippen molar-refractivity contribution in [2.75, 3.05) is 0 Å². The first-order valence-electron chi connectivity index (χ1n) is 4.81. The molecule has 0 saturated carbocycles. The monoisotopic (exact) mass is 206 g/mol. The van der Waals surface area contributed by atoms with Crippen LogP contribution in [0, 0.1) is 0 Å². The number of hydrogen-bond acceptors (Lipinski definition) is 3. The zero-order valence-electron chi connectivity index (χ0n) is 8.73. The van der Waals surface area contributed by atoms with Gasteiger partial charge in [0.1, 0.15) is 0 Å². The Bertz CT molecular complexity index is 339. The summed E-state index contributed by atoms with van der Waals surface area (Å²) in [6.45, 7) is 4.89. The van der Waals surface area contributed by atoms with Crippen LogP contribution in [0.25, 0.3) is 0 Å². The molecule has 0 aromatic heterocycles. The first-order valence-corrected chi connectivity index (χ1v) is 4.81. The van der Waals surface area contributed by atoms with Crippen LogP contribution in [-0.4, -0.2) is 17.4 Å². The molecule has 0 radical (unpaired) electrons. The number of ketones is 1. The topological polar surface area (TPSA) is 43.4 Å². The van der Waals surface area contributed by atoms with E-state index in [9.17, 15) is 9.59 Å². The minimum Gasteiger partial charge on any atom is -0.447 e. The molecule has 0 bridgehead atoms. The Morgan fingerprint density at radius 2 is 2.33 bits per heavy atom. The van der Waals surface area contributed by atoms with Crippen LogP contribution in [0.1, 0.15) is 19.8 Å². The van der Waals surface area contributed by atoms with Gasteiger partial charge in [-0.05, 0) is 18.6 Å². The van der Waals surface area contributed by atoms with Crippen molar-refractivity contribution in [1.29, 1.82) is 0 Å². The molecule has 3 nitrogen and oxygen atoms in total. The molecule has 0 saturated heterocycles. The van der Waals surface area contributed by atoms with Gasteiger partial charge in [0.2, 0.25) is 5.78 Å². The van der Waals surface area contributed by atoms with Crippen molar-refractivity contribution in [1.82, 2.24) is 0 Å². The zero-order valence-corrected chi connectivity index (χ0v) is 8.73. The first-order chi connectivity index (χ1) is 7.10. The molecule has 0 fully saturated rings. The van der Waals surface area contributed by atoms with Crippen LogP contribution in [0.2, 0.25) is 0 Å². The lowest BCUT2D eigenvalue weighted by Gasteiger charge is -2.28. The van der Waals surface area contributed by atoms with E-state index < -0.39 is 11.6 Å². The van der Waals surface area contributed by atoms with E-state index in [1.54, 1.807) is 24.3 Å². The SMILES string of the molecule is C=CCCC1(OC(C)=O)C=CC=CC1=O. The lowest BCUT2D eigenvalue weighted by molar-refractivity contribution is -0.159. The van der Waals surface area contributed by atoms with Crippen LogP contribution in [0.4, 0.5) is 0 Å². The quantitative estimate of drug-likeness (QED) is 0.521. The summed E-state index contributed by atoms with van der Waals surface area (Å²) >= 11 is 0. The van der Waals surface area contributed by atoms with Crippen molar-refractivity contribution in [2.45, 2.75) is 25.4 Å². The summed E-state index contributed by atoms with van der Waals surface area (Å²) in [6.07, 6.45) is 9.16. The minimum atomic E-state index is -1.12. The third-order valence-corrected chi connectivity index (χ3v) is 2.19. The molecule has 1 unspecified atom stereocenters. The van der Waals surface area contributed by atoms with Crippen molar-refractivity contribution in [3.05, 3.63) is 37.0 Å². The Kier molecular flexibility index (Phi) is 3.61. The Labute approximate surface area is 89.1 Å². The van der Waals surface area contributed by atoms with Crippen LogP contribution < -0.4 is 0 Å². The molecule has 1 rings (SSSR count). The van der Waals surface area contributed by atoms with Gasteiger partial charge >= 0.3 is 5.97 Å². The number of ether oxygens (including phenoxy) is 1. The third-order valence-electron chi connectivity index (χ3n) is 2.19. The summed E-state index contributed by atoms with van der Waals surface area (Å²) in [5.74, 6) is -0.644. The maximum atomic E-state index is 11.7. The highest BCUT2D eigenvalue weighted by Crippen LogP contribution is 2.25. The van der Waals surface area contributed by atoms with Crippen LogP contribution in [0.15, 0.2) is 37.0 Å². The molecule has 1 aliphatic rings. The van der Waals surface area contributed by atoms with Gasteiger partial charge in [0.05, 0.1) is 0 Å². The first kappa shape index (κ1) is 11.4. The summed E-state index contributed by atoms with van der Waals surface area (Å²) in [6, 6.07) is 0.